The van der Waals surface area contributed by atoms with Gasteiger partial charge in [0.2, 0.25) is 0 Å². The molecule has 5 heteroatoms. The molecule has 0 aliphatic rings. The molecule has 0 aliphatic heterocycles. The van der Waals surface area contributed by atoms with Crippen molar-refractivity contribution >= 4 is 0 Å². The highest BCUT2D eigenvalue weighted by Gasteiger charge is 2.10. The molecule has 1 atom stereocenters. The van der Waals surface area contributed by atoms with Gasteiger partial charge in [-0.25, -0.2) is 9.97 Å². The molecule has 2 heterocycles. The lowest BCUT2D eigenvalue weighted by atomic mass is 10.1. The predicted octanol–water partition coefficient (Wildman–Crippen LogP) is 0.486. The first-order valence-corrected chi connectivity index (χ1v) is 4.68. The maximum atomic E-state index is 9.84. The van der Waals surface area contributed by atoms with Crippen LogP contribution in [0.3, 0.4) is 0 Å². The predicted molar refractivity (Wildman–Crippen MR) is 53.9 cm³/mol. The van der Waals surface area contributed by atoms with Gasteiger partial charge in [0.15, 0.2) is 0 Å². The maximum absolute atomic E-state index is 9.84. The Morgan fingerprint density at radius 3 is 2.93 bits per heavy atom. The summed E-state index contributed by atoms with van der Waals surface area (Å²) >= 11 is 0. The van der Waals surface area contributed by atoms with Gasteiger partial charge in [-0.1, -0.05) is 0 Å². The van der Waals surface area contributed by atoms with Crippen LogP contribution in [0, 0.1) is 0 Å². The average Bonchev–Trinajstić information content (AvgIpc) is 2.65. The zero-order valence-corrected chi connectivity index (χ0v) is 8.41. The second-order valence-electron chi connectivity index (χ2n) is 3.33. The summed E-state index contributed by atoms with van der Waals surface area (Å²) in [5.74, 6) is 0. The Bertz CT molecular complexity index is 426. The number of hydrogen-bond acceptors (Lipinski definition) is 4. The molecule has 5 nitrogen and oxygen atoms in total. The summed E-state index contributed by atoms with van der Waals surface area (Å²) in [5, 5.41) is 14.0. The Hall–Kier alpha value is -1.75. The molecule has 0 bridgehead atoms. The van der Waals surface area contributed by atoms with Crippen LogP contribution >= 0.6 is 0 Å². The lowest BCUT2D eigenvalue weighted by Gasteiger charge is -2.06. The van der Waals surface area contributed by atoms with Gasteiger partial charge in [-0.15, -0.1) is 0 Å². The van der Waals surface area contributed by atoms with E-state index in [1.807, 2.05) is 19.3 Å². The molecule has 2 rings (SSSR count). The molecule has 78 valence electrons. The van der Waals surface area contributed by atoms with Gasteiger partial charge in [0.25, 0.3) is 0 Å². The SMILES string of the molecule is Cn1ccc(CC(O)c2ccncn2)n1. The summed E-state index contributed by atoms with van der Waals surface area (Å²) in [6.07, 6.45) is 4.74. The molecule has 15 heavy (non-hydrogen) atoms. The Kier molecular flexibility index (Phi) is 2.73. The van der Waals surface area contributed by atoms with Crippen molar-refractivity contribution in [2.75, 3.05) is 0 Å². The van der Waals surface area contributed by atoms with E-state index in [2.05, 4.69) is 15.1 Å². The monoisotopic (exact) mass is 204 g/mol. The molecule has 0 saturated carbocycles. The average molecular weight is 204 g/mol. The maximum Gasteiger partial charge on any atom is 0.115 e. The van der Waals surface area contributed by atoms with Crippen molar-refractivity contribution in [3.8, 4) is 0 Å². The minimum absolute atomic E-state index is 0.470. The number of aliphatic hydroxyl groups is 1. The van der Waals surface area contributed by atoms with Crippen LogP contribution in [0.4, 0.5) is 0 Å². The van der Waals surface area contributed by atoms with E-state index in [-0.39, 0.29) is 0 Å². The van der Waals surface area contributed by atoms with Gasteiger partial charge >= 0.3 is 0 Å². The number of aromatic nitrogens is 4. The largest absolute Gasteiger partial charge is 0.386 e. The van der Waals surface area contributed by atoms with Gasteiger partial charge in [0, 0.05) is 25.9 Å². The van der Waals surface area contributed by atoms with Crippen molar-refractivity contribution in [1.82, 2.24) is 19.7 Å². The van der Waals surface area contributed by atoms with Crippen LogP contribution in [0.25, 0.3) is 0 Å². The van der Waals surface area contributed by atoms with Gasteiger partial charge in [-0.3, -0.25) is 4.68 Å². The zero-order chi connectivity index (χ0) is 10.7. The molecule has 0 aromatic carbocycles. The highest BCUT2D eigenvalue weighted by molar-refractivity contribution is 5.08. The second kappa shape index (κ2) is 4.18. The Balaban J connectivity index is 2.07. The van der Waals surface area contributed by atoms with Gasteiger partial charge in [0.1, 0.15) is 12.4 Å². The van der Waals surface area contributed by atoms with Crippen LogP contribution in [-0.4, -0.2) is 24.9 Å². The van der Waals surface area contributed by atoms with Gasteiger partial charge in [-0.2, -0.15) is 5.10 Å². The van der Waals surface area contributed by atoms with Crippen molar-refractivity contribution in [3.05, 3.63) is 42.2 Å². The number of aryl methyl sites for hydroxylation is 1. The summed E-state index contributed by atoms with van der Waals surface area (Å²) in [5.41, 5.74) is 1.47. The van der Waals surface area contributed by atoms with E-state index in [0.717, 1.165) is 5.69 Å². The third-order valence-corrected chi connectivity index (χ3v) is 2.12. The molecule has 2 aromatic rings. The summed E-state index contributed by atoms with van der Waals surface area (Å²) in [4.78, 5) is 7.78. The lowest BCUT2D eigenvalue weighted by Crippen LogP contribution is -2.05. The second-order valence-corrected chi connectivity index (χ2v) is 3.33. The van der Waals surface area contributed by atoms with Crippen molar-refractivity contribution in [1.29, 1.82) is 0 Å². The molecule has 0 amide bonds. The van der Waals surface area contributed by atoms with Gasteiger partial charge in [-0.05, 0) is 12.1 Å². The Labute approximate surface area is 87.4 Å². The van der Waals surface area contributed by atoms with Crippen LogP contribution in [-0.2, 0) is 13.5 Å². The van der Waals surface area contributed by atoms with Gasteiger partial charge in [0.05, 0.1) is 11.4 Å². The van der Waals surface area contributed by atoms with E-state index in [1.54, 1.807) is 16.9 Å². The highest BCUT2D eigenvalue weighted by atomic mass is 16.3. The fraction of sp³-hybridized carbons (Fsp3) is 0.300. The number of aliphatic hydroxyl groups excluding tert-OH is 1. The zero-order valence-electron chi connectivity index (χ0n) is 8.41. The van der Waals surface area contributed by atoms with Crippen LogP contribution < -0.4 is 0 Å². The molecule has 1 N–H and O–H groups in total. The van der Waals surface area contributed by atoms with E-state index in [0.29, 0.717) is 12.1 Å². The fourth-order valence-electron chi connectivity index (χ4n) is 1.37. The van der Waals surface area contributed by atoms with Crippen LogP contribution in [0.1, 0.15) is 17.5 Å². The molecule has 0 aliphatic carbocycles. The lowest BCUT2D eigenvalue weighted by molar-refractivity contribution is 0.172. The normalized spacial score (nSPS) is 12.7. The summed E-state index contributed by atoms with van der Waals surface area (Å²) < 4.78 is 1.71. The molecule has 1 unspecified atom stereocenters. The van der Waals surface area contributed by atoms with E-state index in [1.165, 1.54) is 6.33 Å². The molecular formula is C10H12N4O. The number of hydrogen-bond donors (Lipinski definition) is 1. The standard InChI is InChI=1S/C10H12N4O/c1-14-5-3-8(13-14)6-10(15)9-2-4-11-7-12-9/h2-5,7,10,15H,6H2,1H3. The molecule has 0 spiro atoms. The fourth-order valence-corrected chi connectivity index (χ4v) is 1.37. The minimum atomic E-state index is -0.622. The molecule has 0 radical (unpaired) electrons. The highest BCUT2D eigenvalue weighted by Crippen LogP contribution is 2.13. The Morgan fingerprint density at radius 2 is 2.33 bits per heavy atom. The summed E-state index contributed by atoms with van der Waals surface area (Å²) in [7, 11) is 1.85. The molecule has 0 saturated heterocycles. The van der Waals surface area contributed by atoms with Crippen molar-refractivity contribution in [3.63, 3.8) is 0 Å². The van der Waals surface area contributed by atoms with Crippen LogP contribution in [0.2, 0.25) is 0 Å². The summed E-state index contributed by atoms with van der Waals surface area (Å²) in [6, 6.07) is 3.58. The first kappa shape index (κ1) is 9.79. The minimum Gasteiger partial charge on any atom is -0.386 e. The third kappa shape index (κ3) is 2.38. The van der Waals surface area contributed by atoms with Crippen LogP contribution in [0.5, 0.6) is 0 Å². The van der Waals surface area contributed by atoms with Crippen molar-refractivity contribution in [2.24, 2.45) is 7.05 Å². The smallest absolute Gasteiger partial charge is 0.115 e. The van der Waals surface area contributed by atoms with Crippen molar-refractivity contribution in [2.45, 2.75) is 12.5 Å². The van der Waals surface area contributed by atoms with Gasteiger partial charge < -0.3 is 5.11 Å². The number of nitrogens with zero attached hydrogens (tertiary/aromatic N) is 4. The van der Waals surface area contributed by atoms with E-state index >= 15 is 0 Å². The molecular weight excluding hydrogens is 192 g/mol. The van der Waals surface area contributed by atoms with E-state index < -0.39 is 6.10 Å². The van der Waals surface area contributed by atoms with E-state index in [9.17, 15) is 5.11 Å². The first-order chi connectivity index (χ1) is 7.25. The third-order valence-electron chi connectivity index (χ3n) is 2.12. The van der Waals surface area contributed by atoms with E-state index in [4.69, 9.17) is 0 Å². The van der Waals surface area contributed by atoms with Crippen LogP contribution in [0.15, 0.2) is 30.9 Å². The quantitative estimate of drug-likeness (QED) is 0.790. The number of rotatable bonds is 3. The summed E-state index contributed by atoms with van der Waals surface area (Å²) in [6.45, 7) is 0. The topological polar surface area (TPSA) is 63.8 Å². The Morgan fingerprint density at radius 1 is 1.47 bits per heavy atom. The molecule has 0 fully saturated rings. The molecule has 2 aromatic heterocycles. The first-order valence-electron chi connectivity index (χ1n) is 4.68. The van der Waals surface area contributed by atoms with Crippen molar-refractivity contribution < 1.29 is 5.11 Å².